The Morgan fingerprint density at radius 2 is 0.900 bits per heavy atom. The molecule has 108 valence electrons. The Morgan fingerprint density at radius 1 is 0.600 bits per heavy atom. The summed E-state index contributed by atoms with van der Waals surface area (Å²) in [5, 5.41) is 6.05. The number of benzene rings is 2. The van der Waals surface area contributed by atoms with Crippen LogP contribution in [0, 0.1) is 0 Å². The SMILES string of the molecule is CNc1ccc(OC)cc1.CNc1ccc(OC)cc1. The largest absolute Gasteiger partial charge is 0.497 e. The monoisotopic (exact) mass is 274 g/mol. The maximum atomic E-state index is 4.99. The molecule has 4 nitrogen and oxygen atoms in total. The highest BCUT2D eigenvalue weighted by atomic mass is 16.5. The first-order chi connectivity index (χ1) is 9.73. The first-order valence-electron chi connectivity index (χ1n) is 6.37. The lowest BCUT2D eigenvalue weighted by Gasteiger charge is -2.00. The van der Waals surface area contributed by atoms with Crippen LogP contribution < -0.4 is 20.1 Å². The number of anilines is 2. The van der Waals surface area contributed by atoms with Crippen LogP contribution in [-0.4, -0.2) is 28.3 Å². The zero-order chi connectivity index (χ0) is 14.8. The van der Waals surface area contributed by atoms with Crippen molar-refractivity contribution in [2.45, 2.75) is 0 Å². The standard InChI is InChI=1S/2C8H11NO/c2*1-9-7-3-5-8(10-2)6-4-7/h2*3-6,9H,1-2H3. The lowest BCUT2D eigenvalue weighted by molar-refractivity contribution is 0.415. The van der Waals surface area contributed by atoms with Crippen molar-refractivity contribution in [3.05, 3.63) is 48.5 Å². The summed E-state index contributed by atoms with van der Waals surface area (Å²) in [4.78, 5) is 0. The van der Waals surface area contributed by atoms with Gasteiger partial charge in [-0.25, -0.2) is 0 Å². The molecule has 0 aliphatic carbocycles. The predicted molar refractivity (Wildman–Crippen MR) is 85.1 cm³/mol. The topological polar surface area (TPSA) is 42.5 Å². The van der Waals surface area contributed by atoms with Crippen LogP contribution in [0.4, 0.5) is 11.4 Å². The average molecular weight is 274 g/mol. The third-order valence-electron chi connectivity index (χ3n) is 2.76. The Balaban J connectivity index is 0.000000200. The summed E-state index contributed by atoms with van der Waals surface area (Å²) >= 11 is 0. The van der Waals surface area contributed by atoms with Crippen LogP contribution in [0.5, 0.6) is 11.5 Å². The van der Waals surface area contributed by atoms with E-state index >= 15 is 0 Å². The second kappa shape index (κ2) is 8.69. The molecule has 20 heavy (non-hydrogen) atoms. The fraction of sp³-hybridized carbons (Fsp3) is 0.250. The van der Waals surface area contributed by atoms with Gasteiger partial charge in [0, 0.05) is 25.5 Å². The van der Waals surface area contributed by atoms with E-state index in [1.165, 1.54) is 0 Å². The molecule has 0 aromatic heterocycles. The highest BCUT2D eigenvalue weighted by Gasteiger charge is 1.89. The smallest absolute Gasteiger partial charge is 0.119 e. The molecule has 0 atom stereocenters. The number of nitrogens with one attached hydrogen (secondary N) is 2. The summed E-state index contributed by atoms with van der Waals surface area (Å²) in [5.74, 6) is 1.78. The Hall–Kier alpha value is -2.36. The van der Waals surface area contributed by atoms with E-state index in [1.54, 1.807) is 14.2 Å². The minimum absolute atomic E-state index is 0.888. The van der Waals surface area contributed by atoms with Crippen molar-refractivity contribution in [2.24, 2.45) is 0 Å². The van der Waals surface area contributed by atoms with Gasteiger partial charge in [-0.1, -0.05) is 0 Å². The van der Waals surface area contributed by atoms with Gasteiger partial charge in [-0.3, -0.25) is 0 Å². The van der Waals surface area contributed by atoms with Gasteiger partial charge < -0.3 is 20.1 Å². The molecule has 0 saturated carbocycles. The molecule has 0 heterocycles. The number of ether oxygens (including phenoxy) is 2. The van der Waals surface area contributed by atoms with E-state index in [1.807, 2.05) is 62.6 Å². The summed E-state index contributed by atoms with van der Waals surface area (Å²) in [6.07, 6.45) is 0. The van der Waals surface area contributed by atoms with Gasteiger partial charge in [-0.2, -0.15) is 0 Å². The van der Waals surface area contributed by atoms with Crippen molar-refractivity contribution in [3.63, 3.8) is 0 Å². The molecule has 0 aliphatic heterocycles. The van der Waals surface area contributed by atoms with Crippen molar-refractivity contribution in [3.8, 4) is 11.5 Å². The average Bonchev–Trinajstić information content (AvgIpc) is 2.55. The van der Waals surface area contributed by atoms with E-state index in [9.17, 15) is 0 Å². The molecule has 0 saturated heterocycles. The lowest BCUT2D eigenvalue weighted by atomic mass is 10.3. The maximum absolute atomic E-state index is 4.99. The zero-order valence-corrected chi connectivity index (χ0v) is 12.4. The molecule has 0 amide bonds. The van der Waals surface area contributed by atoms with E-state index < -0.39 is 0 Å². The molecular weight excluding hydrogens is 252 g/mol. The fourth-order valence-corrected chi connectivity index (χ4v) is 1.52. The molecule has 2 aromatic rings. The molecule has 0 unspecified atom stereocenters. The highest BCUT2D eigenvalue weighted by molar-refractivity contribution is 5.46. The van der Waals surface area contributed by atoms with Gasteiger partial charge in [0.15, 0.2) is 0 Å². The zero-order valence-electron chi connectivity index (χ0n) is 12.4. The molecular formula is C16H22N2O2. The van der Waals surface area contributed by atoms with Crippen LogP contribution >= 0.6 is 0 Å². The predicted octanol–water partition coefficient (Wildman–Crippen LogP) is 3.47. The van der Waals surface area contributed by atoms with E-state index in [2.05, 4.69) is 10.6 Å². The van der Waals surface area contributed by atoms with E-state index in [-0.39, 0.29) is 0 Å². The Kier molecular flexibility index (Phi) is 6.82. The highest BCUT2D eigenvalue weighted by Crippen LogP contribution is 2.14. The fourth-order valence-electron chi connectivity index (χ4n) is 1.52. The molecule has 0 radical (unpaired) electrons. The Labute approximate surface area is 120 Å². The van der Waals surface area contributed by atoms with Gasteiger partial charge in [-0.15, -0.1) is 0 Å². The minimum Gasteiger partial charge on any atom is -0.497 e. The normalized spacial score (nSPS) is 9.00. The van der Waals surface area contributed by atoms with Crippen LogP contribution in [0.15, 0.2) is 48.5 Å². The van der Waals surface area contributed by atoms with Crippen LogP contribution in [0.2, 0.25) is 0 Å². The molecule has 0 spiro atoms. The van der Waals surface area contributed by atoms with Crippen molar-refractivity contribution < 1.29 is 9.47 Å². The molecule has 2 N–H and O–H groups in total. The van der Waals surface area contributed by atoms with E-state index in [4.69, 9.17) is 9.47 Å². The van der Waals surface area contributed by atoms with Gasteiger partial charge >= 0.3 is 0 Å². The summed E-state index contributed by atoms with van der Waals surface area (Å²) in [7, 11) is 7.10. The van der Waals surface area contributed by atoms with E-state index in [0.29, 0.717) is 0 Å². The summed E-state index contributed by atoms with van der Waals surface area (Å²) in [5.41, 5.74) is 2.20. The second-order valence-corrected chi connectivity index (χ2v) is 3.96. The van der Waals surface area contributed by atoms with Crippen molar-refractivity contribution in [2.75, 3.05) is 38.9 Å². The number of hydrogen-bond acceptors (Lipinski definition) is 4. The maximum Gasteiger partial charge on any atom is 0.119 e. The first kappa shape index (κ1) is 15.7. The van der Waals surface area contributed by atoms with Crippen LogP contribution in [0.1, 0.15) is 0 Å². The number of rotatable bonds is 4. The van der Waals surface area contributed by atoms with Crippen LogP contribution in [-0.2, 0) is 0 Å². The first-order valence-corrected chi connectivity index (χ1v) is 6.37. The third kappa shape index (κ3) is 5.10. The van der Waals surface area contributed by atoms with Gasteiger partial charge in [0.05, 0.1) is 14.2 Å². The number of methoxy groups -OCH3 is 2. The van der Waals surface area contributed by atoms with Gasteiger partial charge in [0.1, 0.15) is 11.5 Å². The van der Waals surface area contributed by atoms with Gasteiger partial charge in [0.25, 0.3) is 0 Å². The summed E-state index contributed by atoms with van der Waals surface area (Å²) in [6.45, 7) is 0. The Morgan fingerprint density at radius 3 is 1.10 bits per heavy atom. The van der Waals surface area contributed by atoms with Crippen molar-refractivity contribution in [1.82, 2.24) is 0 Å². The third-order valence-corrected chi connectivity index (χ3v) is 2.76. The Bertz CT molecular complexity index is 387. The molecule has 0 bridgehead atoms. The van der Waals surface area contributed by atoms with Gasteiger partial charge in [-0.05, 0) is 48.5 Å². The summed E-state index contributed by atoms with van der Waals surface area (Å²) in [6, 6.07) is 15.6. The summed E-state index contributed by atoms with van der Waals surface area (Å²) < 4.78 is 9.97. The van der Waals surface area contributed by atoms with E-state index in [0.717, 1.165) is 22.9 Å². The molecule has 0 fully saturated rings. The quantitative estimate of drug-likeness (QED) is 0.896. The number of hydrogen-bond donors (Lipinski definition) is 2. The van der Waals surface area contributed by atoms with Crippen LogP contribution in [0.3, 0.4) is 0 Å². The molecule has 2 aromatic carbocycles. The van der Waals surface area contributed by atoms with Crippen molar-refractivity contribution in [1.29, 1.82) is 0 Å². The second-order valence-electron chi connectivity index (χ2n) is 3.96. The van der Waals surface area contributed by atoms with Crippen LogP contribution in [0.25, 0.3) is 0 Å². The molecule has 4 heteroatoms. The van der Waals surface area contributed by atoms with Gasteiger partial charge in [0.2, 0.25) is 0 Å². The molecule has 2 rings (SSSR count). The lowest BCUT2D eigenvalue weighted by Crippen LogP contribution is -1.87. The molecule has 0 aliphatic rings. The minimum atomic E-state index is 0.888. The van der Waals surface area contributed by atoms with Crippen molar-refractivity contribution >= 4 is 11.4 Å².